The molecule has 0 amide bonds. The summed E-state index contributed by atoms with van der Waals surface area (Å²) in [7, 11) is 1.71. The number of ether oxygens (including phenoxy) is 1. The smallest absolute Gasteiger partial charge is 0.119 e. The SMILES string of the molecule is COc1cccc(CN2CCCC3(CCN(C(CO)CO)C3)C2)c1. The molecule has 5 heteroatoms. The van der Waals surface area contributed by atoms with Crippen LogP contribution in [0.2, 0.25) is 0 Å². The predicted molar refractivity (Wildman–Crippen MR) is 94.1 cm³/mol. The molecule has 2 heterocycles. The first kappa shape index (κ1) is 17.7. The highest BCUT2D eigenvalue weighted by atomic mass is 16.5. The zero-order valence-electron chi connectivity index (χ0n) is 14.7. The molecule has 1 unspecified atom stereocenters. The molecule has 2 saturated heterocycles. The van der Waals surface area contributed by atoms with Crippen molar-refractivity contribution in [2.24, 2.45) is 5.41 Å². The minimum absolute atomic E-state index is 0.0418. The van der Waals surface area contributed by atoms with Crippen LogP contribution in [0.1, 0.15) is 24.8 Å². The number of nitrogens with zero attached hydrogens (tertiary/aromatic N) is 2. The molecule has 24 heavy (non-hydrogen) atoms. The van der Waals surface area contributed by atoms with E-state index in [0.29, 0.717) is 5.41 Å². The van der Waals surface area contributed by atoms with Gasteiger partial charge in [0.15, 0.2) is 0 Å². The van der Waals surface area contributed by atoms with Crippen LogP contribution in [0, 0.1) is 5.41 Å². The van der Waals surface area contributed by atoms with Crippen LogP contribution in [0.4, 0.5) is 0 Å². The minimum atomic E-state index is -0.0989. The standard InChI is InChI=1S/C19H30N2O3/c1-24-18-5-2-4-16(10-18)11-20-8-3-6-19(14-20)7-9-21(15-19)17(12-22)13-23/h2,4-5,10,17,22-23H,3,6-9,11-15H2,1H3. The number of piperidine rings is 1. The highest BCUT2D eigenvalue weighted by Gasteiger charge is 2.42. The van der Waals surface area contributed by atoms with Gasteiger partial charge in [0.2, 0.25) is 0 Å². The highest BCUT2D eigenvalue weighted by molar-refractivity contribution is 5.28. The zero-order valence-corrected chi connectivity index (χ0v) is 14.7. The highest BCUT2D eigenvalue weighted by Crippen LogP contribution is 2.40. The van der Waals surface area contributed by atoms with E-state index in [1.54, 1.807) is 7.11 Å². The van der Waals surface area contributed by atoms with E-state index < -0.39 is 0 Å². The molecule has 0 aliphatic carbocycles. The zero-order chi connectivity index (χ0) is 17.0. The fourth-order valence-corrected chi connectivity index (χ4v) is 4.38. The van der Waals surface area contributed by atoms with E-state index in [-0.39, 0.29) is 19.3 Å². The molecule has 2 fully saturated rings. The van der Waals surface area contributed by atoms with E-state index in [4.69, 9.17) is 4.74 Å². The predicted octanol–water partition coefficient (Wildman–Crippen LogP) is 1.34. The molecular weight excluding hydrogens is 304 g/mol. The van der Waals surface area contributed by atoms with Crippen LogP contribution in [0.5, 0.6) is 5.75 Å². The summed E-state index contributed by atoms with van der Waals surface area (Å²) in [5.41, 5.74) is 1.62. The molecule has 2 N–H and O–H groups in total. The third-order valence-electron chi connectivity index (χ3n) is 5.69. The number of hydrogen-bond acceptors (Lipinski definition) is 5. The molecule has 2 aliphatic rings. The normalized spacial score (nSPS) is 25.7. The summed E-state index contributed by atoms with van der Waals surface area (Å²) in [5.74, 6) is 0.917. The van der Waals surface area contributed by atoms with Gasteiger partial charge in [0, 0.05) is 19.6 Å². The van der Waals surface area contributed by atoms with Gasteiger partial charge in [-0.2, -0.15) is 0 Å². The summed E-state index contributed by atoms with van der Waals surface area (Å²) in [4.78, 5) is 4.82. The number of likely N-dealkylation sites (tertiary alicyclic amines) is 2. The minimum Gasteiger partial charge on any atom is -0.497 e. The Hall–Kier alpha value is -1.14. The van der Waals surface area contributed by atoms with Crippen molar-refractivity contribution in [1.29, 1.82) is 0 Å². The Morgan fingerprint density at radius 1 is 1.17 bits per heavy atom. The van der Waals surface area contributed by atoms with Crippen molar-refractivity contribution in [3.8, 4) is 5.75 Å². The summed E-state index contributed by atoms with van der Waals surface area (Å²) in [5, 5.41) is 18.9. The molecule has 3 rings (SSSR count). The van der Waals surface area contributed by atoms with Gasteiger partial charge < -0.3 is 14.9 Å². The molecule has 1 aromatic carbocycles. The maximum absolute atomic E-state index is 9.45. The van der Waals surface area contributed by atoms with Gasteiger partial charge in [0.05, 0.1) is 26.4 Å². The van der Waals surface area contributed by atoms with Crippen molar-refractivity contribution < 1.29 is 14.9 Å². The quantitative estimate of drug-likeness (QED) is 0.822. The van der Waals surface area contributed by atoms with Gasteiger partial charge in [-0.05, 0) is 55.5 Å². The summed E-state index contributed by atoms with van der Waals surface area (Å²) < 4.78 is 5.33. The first-order valence-electron chi connectivity index (χ1n) is 8.99. The maximum atomic E-state index is 9.45. The lowest BCUT2D eigenvalue weighted by atomic mass is 9.79. The van der Waals surface area contributed by atoms with Gasteiger partial charge in [-0.3, -0.25) is 9.80 Å². The molecular formula is C19H30N2O3. The summed E-state index contributed by atoms with van der Waals surface area (Å²) in [6, 6.07) is 8.23. The van der Waals surface area contributed by atoms with Gasteiger partial charge in [-0.25, -0.2) is 0 Å². The number of benzene rings is 1. The van der Waals surface area contributed by atoms with Crippen molar-refractivity contribution in [3.63, 3.8) is 0 Å². The van der Waals surface area contributed by atoms with Crippen LogP contribution in [0.15, 0.2) is 24.3 Å². The Bertz CT molecular complexity index is 535. The first-order valence-corrected chi connectivity index (χ1v) is 8.99. The van der Waals surface area contributed by atoms with Crippen molar-refractivity contribution in [2.45, 2.75) is 31.8 Å². The molecule has 134 valence electrons. The van der Waals surface area contributed by atoms with Gasteiger partial charge in [0.1, 0.15) is 5.75 Å². The molecule has 2 aliphatic heterocycles. The van der Waals surface area contributed by atoms with Crippen molar-refractivity contribution >= 4 is 0 Å². The van der Waals surface area contributed by atoms with Crippen LogP contribution < -0.4 is 4.74 Å². The Kier molecular flexibility index (Phi) is 5.76. The van der Waals surface area contributed by atoms with Gasteiger partial charge in [-0.15, -0.1) is 0 Å². The van der Waals surface area contributed by atoms with Crippen LogP contribution in [-0.2, 0) is 6.54 Å². The van der Waals surface area contributed by atoms with Crippen LogP contribution in [-0.4, -0.2) is 72.6 Å². The molecule has 1 spiro atoms. The number of aliphatic hydroxyl groups excluding tert-OH is 2. The second-order valence-electron chi connectivity index (χ2n) is 7.41. The average Bonchev–Trinajstić information content (AvgIpc) is 2.99. The lowest BCUT2D eigenvalue weighted by molar-refractivity contribution is 0.0556. The van der Waals surface area contributed by atoms with Gasteiger partial charge in [0.25, 0.3) is 0 Å². The molecule has 0 saturated carbocycles. The number of methoxy groups -OCH3 is 1. The Morgan fingerprint density at radius 3 is 2.75 bits per heavy atom. The first-order chi connectivity index (χ1) is 11.7. The topological polar surface area (TPSA) is 56.2 Å². The van der Waals surface area contributed by atoms with Gasteiger partial charge >= 0.3 is 0 Å². The Balaban J connectivity index is 1.62. The Morgan fingerprint density at radius 2 is 2.00 bits per heavy atom. The third kappa shape index (κ3) is 3.91. The lowest BCUT2D eigenvalue weighted by Crippen LogP contribution is -2.46. The Labute approximate surface area is 144 Å². The third-order valence-corrected chi connectivity index (χ3v) is 5.69. The summed E-state index contributed by atoms with van der Waals surface area (Å²) in [6.45, 7) is 5.27. The summed E-state index contributed by atoms with van der Waals surface area (Å²) in [6.07, 6.45) is 3.64. The molecule has 5 nitrogen and oxygen atoms in total. The van der Waals surface area contributed by atoms with Crippen molar-refractivity contribution in [2.75, 3.05) is 46.5 Å². The van der Waals surface area contributed by atoms with E-state index in [1.807, 2.05) is 6.07 Å². The van der Waals surface area contributed by atoms with E-state index in [9.17, 15) is 10.2 Å². The number of hydrogen-bond donors (Lipinski definition) is 2. The molecule has 0 bridgehead atoms. The van der Waals surface area contributed by atoms with Crippen LogP contribution in [0.25, 0.3) is 0 Å². The van der Waals surface area contributed by atoms with E-state index >= 15 is 0 Å². The fraction of sp³-hybridized carbons (Fsp3) is 0.684. The van der Waals surface area contributed by atoms with E-state index in [1.165, 1.54) is 18.4 Å². The molecule has 0 aromatic heterocycles. The van der Waals surface area contributed by atoms with Crippen LogP contribution in [0.3, 0.4) is 0 Å². The van der Waals surface area contributed by atoms with E-state index in [2.05, 4.69) is 28.0 Å². The van der Waals surface area contributed by atoms with E-state index in [0.717, 1.165) is 44.9 Å². The molecule has 1 atom stereocenters. The largest absolute Gasteiger partial charge is 0.497 e. The number of aliphatic hydroxyl groups is 2. The second kappa shape index (κ2) is 7.83. The van der Waals surface area contributed by atoms with Gasteiger partial charge in [-0.1, -0.05) is 12.1 Å². The van der Waals surface area contributed by atoms with Crippen molar-refractivity contribution in [3.05, 3.63) is 29.8 Å². The average molecular weight is 334 g/mol. The lowest BCUT2D eigenvalue weighted by Gasteiger charge is -2.41. The number of rotatable bonds is 6. The van der Waals surface area contributed by atoms with Crippen LogP contribution >= 0.6 is 0 Å². The molecule has 0 radical (unpaired) electrons. The summed E-state index contributed by atoms with van der Waals surface area (Å²) >= 11 is 0. The van der Waals surface area contributed by atoms with Crippen molar-refractivity contribution in [1.82, 2.24) is 9.80 Å². The second-order valence-corrected chi connectivity index (χ2v) is 7.41. The fourth-order valence-electron chi connectivity index (χ4n) is 4.38. The maximum Gasteiger partial charge on any atom is 0.119 e. The molecule has 1 aromatic rings. The monoisotopic (exact) mass is 334 g/mol.